The van der Waals surface area contributed by atoms with Gasteiger partial charge in [-0.25, -0.2) is 8.42 Å². The number of carbonyl (C=O) groups is 1. The normalized spacial score (nSPS) is 19.5. The molecule has 2 heterocycles. The molecule has 1 N–H and O–H groups in total. The van der Waals surface area contributed by atoms with Crippen LogP contribution < -0.4 is 5.32 Å². The molecule has 12 heteroatoms. The van der Waals surface area contributed by atoms with Crippen molar-refractivity contribution in [1.82, 2.24) is 14.5 Å². The molecule has 35 heavy (non-hydrogen) atoms. The van der Waals surface area contributed by atoms with Gasteiger partial charge in [-0.2, -0.15) is 17.5 Å². The van der Waals surface area contributed by atoms with E-state index in [2.05, 4.69) is 15.5 Å². The van der Waals surface area contributed by atoms with Crippen molar-refractivity contribution >= 4 is 21.9 Å². The minimum absolute atomic E-state index is 0.0690. The van der Waals surface area contributed by atoms with E-state index in [1.54, 1.807) is 0 Å². The maximum atomic E-state index is 13.0. The van der Waals surface area contributed by atoms with Crippen LogP contribution in [-0.2, 0) is 16.2 Å². The highest BCUT2D eigenvalue weighted by molar-refractivity contribution is 7.89. The molecule has 186 valence electrons. The summed E-state index contributed by atoms with van der Waals surface area (Å²) in [6, 6.07) is 9.40. The Bertz CT molecular complexity index is 1300. The largest absolute Gasteiger partial charge is 0.416 e. The topological polar surface area (TPSA) is 105 Å². The Kier molecular flexibility index (Phi) is 6.69. The Morgan fingerprint density at radius 1 is 1.00 bits per heavy atom. The molecule has 8 nitrogen and oxygen atoms in total. The molecular formula is C23H23F3N4O4S. The van der Waals surface area contributed by atoms with Crippen molar-refractivity contribution in [2.75, 3.05) is 18.4 Å². The predicted molar refractivity (Wildman–Crippen MR) is 121 cm³/mol. The van der Waals surface area contributed by atoms with Crippen LogP contribution in [0.3, 0.4) is 0 Å². The molecule has 2 atom stereocenters. The number of anilines is 1. The van der Waals surface area contributed by atoms with Crippen LogP contribution in [0.5, 0.6) is 0 Å². The van der Waals surface area contributed by atoms with Crippen LogP contribution in [0.2, 0.25) is 0 Å². The monoisotopic (exact) mass is 508 g/mol. The number of aromatic nitrogens is 2. The first-order chi connectivity index (χ1) is 16.4. The van der Waals surface area contributed by atoms with Crippen LogP contribution in [0.15, 0.2) is 57.8 Å². The Hall–Kier alpha value is -3.25. The van der Waals surface area contributed by atoms with Crippen molar-refractivity contribution < 1.29 is 30.8 Å². The molecule has 1 aromatic heterocycles. The highest BCUT2D eigenvalue weighted by atomic mass is 32.2. The van der Waals surface area contributed by atoms with E-state index in [1.807, 2.05) is 13.8 Å². The minimum atomic E-state index is -4.47. The van der Waals surface area contributed by atoms with E-state index in [1.165, 1.54) is 40.7 Å². The third-order valence-electron chi connectivity index (χ3n) is 5.69. The third kappa shape index (κ3) is 5.54. The zero-order chi connectivity index (χ0) is 25.4. The smallest absolute Gasteiger partial charge is 0.403 e. The number of sulfonamides is 1. The quantitative estimate of drug-likeness (QED) is 0.537. The number of alkyl halides is 3. The maximum Gasteiger partial charge on any atom is 0.416 e. The summed E-state index contributed by atoms with van der Waals surface area (Å²) < 4.78 is 70.9. The fourth-order valence-corrected chi connectivity index (χ4v) is 5.77. The number of hydrogen-bond donors (Lipinski definition) is 1. The number of benzene rings is 2. The standard InChI is InChI=1S/C23H23F3N4O4S/c1-14-11-15(2)13-30(12-14)35(32,33)19-9-5-16(6-10-19)20(31)27-22-29-28-21(34-22)17-3-7-18(8-4-17)23(24,25)26/h3-10,14-15H,11-13H2,1-2H3,(H,27,29,31)/t14-,15+. The lowest BCUT2D eigenvalue weighted by atomic mass is 9.94. The first-order valence-electron chi connectivity index (χ1n) is 10.9. The highest BCUT2D eigenvalue weighted by Crippen LogP contribution is 2.31. The molecule has 3 aromatic rings. The summed E-state index contributed by atoms with van der Waals surface area (Å²) in [5, 5.41) is 9.82. The van der Waals surface area contributed by atoms with Gasteiger partial charge in [0, 0.05) is 24.2 Å². The first kappa shape index (κ1) is 24.9. The fraction of sp³-hybridized carbons (Fsp3) is 0.348. The van der Waals surface area contributed by atoms with Gasteiger partial charge in [-0.05, 0) is 66.8 Å². The lowest BCUT2D eigenvalue weighted by molar-refractivity contribution is -0.137. The summed E-state index contributed by atoms with van der Waals surface area (Å²) in [6.45, 7) is 4.94. The van der Waals surface area contributed by atoms with Crippen LogP contribution >= 0.6 is 0 Å². The molecule has 1 fully saturated rings. The zero-order valence-corrected chi connectivity index (χ0v) is 19.7. The van der Waals surface area contributed by atoms with Crippen molar-refractivity contribution in [2.45, 2.75) is 31.3 Å². The van der Waals surface area contributed by atoms with E-state index in [4.69, 9.17) is 4.42 Å². The predicted octanol–water partition coefficient (Wildman–Crippen LogP) is 4.67. The van der Waals surface area contributed by atoms with E-state index < -0.39 is 27.7 Å². The summed E-state index contributed by atoms with van der Waals surface area (Å²) in [6.07, 6.45) is -3.49. The van der Waals surface area contributed by atoms with Gasteiger partial charge in [-0.1, -0.05) is 18.9 Å². The molecular weight excluding hydrogens is 485 g/mol. The third-order valence-corrected chi connectivity index (χ3v) is 7.54. The van der Waals surface area contributed by atoms with Gasteiger partial charge in [-0.3, -0.25) is 10.1 Å². The summed E-state index contributed by atoms with van der Waals surface area (Å²) >= 11 is 0. The molecule has 0 spiro atoms. The van der Waals surface area contributed by atoms with E-state index in [0.29, 0.717) is 13.1 Å². The van der Waals surface area contributed by atoms with E-state index in [0.717, 1.165) is 18.6 Å². The van der Waals surface area contributed by atoms with Gasteiger partial charge in [-0.15, -0.1) is 5.10 Å². The van der Waals surface area contributed by atoms with Gasteiger partial charge in [0.1, 0.15) is 0 Å². The van der Waals surface area contributed by atoms with Crippen LogP contribution in [0, 0.1) is 11.8 Å². The molecule has 0 unspecified atom stereocenters. The van der Waals surface area contributed by atoms with E-state index in [9.17, 15) is 26.4 Å². The number of hydrogen-bond acceptors (Lipinski definition) is 6. The van der Waals surface area contributed by atoms with Crippen molar-refractivity contribution in [2.24, 2.45) is 11.8 Å². The maximum absolute atomic E-state index is 13.0. The van der Waals surface area contributed by atoms with Crippen LogP contribution in [0.25, 0.3) is 11.5 Å². The van der Waals surface area contributed by atoms with Gasteiger partial charge in [0.15, 0.2) is 0 Å². The fourth-order valence-electron chi connectivity index (χ4n) is 4.09. The van der Waals surface area contributed by atoms with Gasteiger partial charge >= 0.3 is 12.2 Å². The molecule has 2 aromatic carbocycles. The van der Waals surface area contributed by atoms with Gasteiger partial charge in [0.2, 0.25) is 15.9 Å². The van der Waals surface area contributed by atoms with E-state index in [-0.39, 0.29) is 39.8 Å². The van der Waals surface area contributed by atoms with Crippen LogP contribution in [-0.4, -0.2) is 41.9 Å². The number of nitrogens with one attached hydrogen (secondary N) is 1. The number of halogens is 3. The molecule has 4 rings (SSSR count). The minimum Gasteiger partial charge on any atom is -0.403 e. The lowest BCUT2D eigenvalue weighted by Gasteiger charge is -2.34. The van der Waals surface area contributed by atoms with Crippen LogP contribution in [0.4, 0.5) is 19.2 Å². The van der Waals surface area contributed by atoms with Gasteiger partial charge in [0.05, 0.1) is 10.5 Å². The molecule has 1 aliphatic rings. The molecule has 0 aliphatic carbocycles. The second-order valence-electron chi connectivity index (χ2n) is 8.73. The zero-order valence-electron chi connectivity index (χ0n) is 18.9. The van der Waals surface area contributed by atoms with Crippen LogP contribution in [0.1, 0.15) is 36.2 Å². The average molecular weight is 509 g/mol. The Balaban J connectivity index is 1.43. The second-order valence-corrected chi connectivity index (χ2v) is 10.7. The summed E-state index contributed by atoms with van der Waals surface area (Å²) in [5.41, 5.74) is -0.399. The first-order valence-corrected chi connectivity index (χ1v) is 12.3. The van der Waals surface area contributed by atoms with Crippen molar-refractivity contribution in [3.8, 4) is 11.5 Å². The van der Waals surface area contributed by atoms with Gasteiger partial charge < -0.3 is 4.42 Å². The molecule has 1 amide bonds. The summed E-state index contributed by atoms with van der Waals surface area (Å²) in [4.78, 5) is 12.6. The molecule has 1 aliphatic heterocycles. The van der Waals surface area contributed by atoms with Crippen molar-refractivity contribution in [3.63, 3.8) is 0 Å². The SMILES string of the molecule is C[C@@H]1C[C@H](C)CN(S(=O)(=O)c2ccc(C(=O)Nc3nnc(-c4ccc(C(F)(F)F)cc4)o3)cc2)C1. The second kappa shape index (κ2) is 9.42. The highest BCUT2D eigenvalue weighted by Gasteiger charge is 2.32. The van der Waals surface area contributed by atoms with Gasteiger partial charge in [0.25, 0.3) is 5.91 Å². The molecule has 0 radical (unpaired) electrons. The Labute approximate surface area is 200 Å². The molecule has 0 bridgehead atoms. The van der Waals surface area contributed by atoms with E-state index >= 15 is 0 Å². The van der Waals surface area contributed by atoms with Crippen molar-refractivity contribution in [1.29, 1.82) is 0 Å². The number of rotatable bonds is 5. The number of piperidine rings is 1. The Morgan fingerprint density at radius 3 is 2.17 bits per heavy atom. The summed E-state index contributed by atoms with van der Waals surface area (Å²) in [7, 11) is -3.68. The number of carbonyl (C=O) groups excluding carboxylic acids is 1. The summed E-state index contributed by atoms with van der Waals surface area (Å²) in [5.74, 6) is -0.155. The molecule has 1 saturated heterocycles. The average Bonchev–Trinajstić information content (AvgIpc) is 3.26. The number of nitrogens with zero attached hydrogens (tertiary/aromatic N) is 3. The lowest BCUT2D eigenvalue weighted by Crippen LogP contribution is -2.42. The number of amides is 1. The Morgan fingerprint density at radius 2 is 1.60 bits per heavy atom. The van der Waals surface area contributed by atoms with Crippen molar-refractivity contribution in [3.05, 3.63) is 59.7 Å². The molecule has 0 saturated carbocycles.